The number of aliphatic carboxylic acids is 1. The number of carbonyl (C=O) groups is 1. The van der Waals surface area contributed by atoms with Crippen LogP contribution in [0, 0.1) is 5.41 Å². The monoisotopic (exact) mass is 210 g/mol. The average Bonchev–Trinajstić information content (AvgIpc) is 2.51. The molecule has 3 N–H and O–H groups in total. The van der Waals surface area contributed by atoms with Gasteiger partial charge >= 0.3 is 5.97 Å². The van der Waals surface area contributed by atoms with Gasteiger partial charge in [-0.05, 0) is 32.4 Å². The fourth-order valence-electron chi connectivity index (χ4n) is 1.35. The summed E-state index contributed by atoms with van der Waals surface area (Å²) in [5, 5.41) is 8.98. The molecule has 0 aliphatic rings. The number of aromatic nitrogens is 1. The zero-order valence-electron chi connectivity index (χ0n) is 9.40. The number of hydrogen-bond donors (Lipinski definition) is 2. The molecule has 84 valence electrons. The maximum atomic E-state index is 10.9. The largest absolute Gasteiger partial charge is 0.481 e. The Balaban J connectivity index is 2.77. The van der Waals surface area contributed by atoms with Crippen molar-refractivity contribution in [2.75, 3.05) is 0 Å². The minimum absolute atomic E-state index is 0.0146. The van der Waals surface area contributed by atoms with E-state index in [9.17, 15) is 4.79 Å². The van der Waals surface area contributed by atoms with Crippen LogP contribution in [0.25, 0.3) is 0 Å². The van der Waals surface area contributed by atoms with E-state index in [1.165, 1.54) is 0 Å². The predicted octanol–water partition coefficient (Wildman–Crippen LogP) is 1.62. The minimum Gasteiger partial charge on any atom is -0.481 e. The average molecular weight is 210 g/mol. The fourth-order valence-corrected chi connectivity index (χ4v) is 1.35. The van der Waals surface area contributed by atoms with E-state index in [1.807, 2.05) is 30.0 Å². The van der Waals surface area contributed by atoms with Gasteiger partial charge in [0, 0.05) is 25.0 Å². The van der Waals surface area contributed by atoms with Crippen molar-refractivity contribution in [1.82, 2.24) is 4.57 Å². The van der Waals surface area contributed by atoms with Crippen LogP contribution >= 0.6 is 0 Å². The molecule has 0 aromatic carbocycles. The molecule has 0 aliphatic heterocycles. The molecule has 0 bridgehead atoms. The lowest BCUT2D eigenvalue weighted by Gasteiger charge is -2.19. The van der Waals surface area contributed by atoms with Crippen LogP contribution in [0.15, 0.2) is 18.5 Å². The molecule has 1 atom stereocenters. The first kappa shape index (κ1) is 11.8. The molecule has 1 aromatic heterocycles. The van der Waals surface area contributed by atoms with E-state index in [4.69, 9.17) is 10.8 Å². The second kappa shape index (κ2) is 4.06. The molecule has 1 heterocycles. The second-order valence-electron chi connectivity index (χ2n) is 4.59. The van der Waals surface area contributed by atoms with Crippen LogP contribution < -0.4 is 5.73 Å². The summed E-state index contributed by atoms with van der Waals surface area (Å²) in [5.41, 5.74) is 5.99. The van der Waals surface area contributed by atoms with E-state index in [0.717, 1.165) is 5.56 Å². The first-order valence-electron chi connectivity index (χ1n) is 4.97. The van der Waals surface area contributed by atoms with Gasteiger partial charge in [-0.2, -0.15) is 0 Å². The Labute approximate surface area is 89.7 Å². The van der Waals surface area contributed by atoms with E-state index >= 15 is 0 Å². The molecule has 4 heteroatoms. The van der Waals surface area contributed by atoms with Crippen LogP contribution in [0.2, 0.25) is 0 Å². The molecule has 0 saturated heterocycles. The fraction of sp³-hybridized carbons (Fsp3) is 0.545. The molecule has 0 radical (unpaired) electrons. The Morgan fingerprint density at radius 1 is 1.67 bits per heavy atom. The molecule has 0 fully saturated rings. The van der Waals surface area contributed by atoms with Crippen LogP contribution in [0.3, 0.4) is 0 Å². The Hall–Kier alpha value is -1.29. The molecule has 1 aromatic rings. The van der Waals surface area contributed by atoms with E-state index in [0.29, 0.717) is 6.54 Å². The van der Waals surface area contributed by atoms with Gasteiger partial charge < -0.3 is 15.4 Å². The quantitative estimate of drug-likeness (QED) is 0.793. The van der Waals surface area contributed by atoms with Crippen LogP contribution in [0.4, 0.5) is 0 Å². The lowest BCUT2D eigenvalue weighted by molar-refractivity contribution is -0.147. The predicted molar refractivity (Wildman–Crippen MR) is 58.5 cm³/mol. The Morgan fingerprint density at radius 3 is 2.67 bits per heavy atom. The summed E-state index contributed by atoms with van der Waals surface area (Å²) in [6.07, 6.45) is 3.76. The molecule has 4 nitrogen and oxygen atoms in total. The maximum absolute atomic E-state index is 10.9. The molecule has 0 spiro atoms. The van der Waals surface area contributed by atoms with Gasteiger partial charge in [0.15, 0.2) is 0 Å². The molecular weight excluding hydrogens is 192 g/mol. The number of carboxylic acid groups (broad SMARTS) is 1. The highest BCUT2D eigenvalue weighted by molar-refractivity contribution is 5.73. The summed E-state index contributed by atoms with van der Waals surface area (Å²) in [7, 11) is 0. The standard InChI is InChI=1S/C11H18N2O2/c1-8(12)9-4-5-13(6-9)7-11(2,3)10(14)15/h4-6,8H,7,12H2,1-3H3,(H,14,15). The van der Waals surface area contributed by atoms with Crippen LogP contribution in [-0.4, -0.2) is 15.6 Å². The van der Waals surface area contributed by atoms with Crippen molar-refractivity contribution in [3.8, 4) is 0 Å². The third-order valence-corrected chi connectivity index (χ3v) is 2.46. The summed E-state index contributed by atoms with van der Waals surface area (Å²) in [6.45, 7) is 5.78. The Morgan fingerprint density at radius 2 is 2.27 bits per heavy atom. The van der Waals surface area contributed by atoms with Gasteiger partial charge in [0.2, 0.25) is 0 Å². The number of carboxylic acids is 1. The lowest BCUT2D eigenvalue weighted by Crippen LogP contribution is -2.28. The third-order valence-electron chi connectivity index (χ3n) is 2.46. The first-order chi connectivity index (χ1) is 6.83. The number of nitrogens with two attached hydrogens (primary N) is 1. The Kier molecular flexibility index (Phi) is 3.19. The van der Waals surface area contributed by atoms with Crippen LogP contribution in [0.1, 0.15) is 32.4 Å². The van der Waals surface area contributed by atoms with Gasteiger partial charge in [0.05, 0.1) is 5.41 Å². The number of rotatable bonds is 4. The number of nitrogens with zero attached hydrogens (tertiary/aromatic N) is 1. The van der Waals surface area contributed by atoms with Crippen LogP contribution in [-0.2, 0) is 11.3 Å². The summed E-state index contributed by atoms with van der Waals surface area (Å²) < 4.78 is 1.87. The lowest BCUT2D eigenvalue weighted by atomic mass is 9.94. The highest BCUT2D eigenvalue weighted by Gasteiger charge is 2.27. The van der Waals surface area contributed by atoms with E-state index in [1.54, 1.807) is 13.8 Å². The summed E-state index contributed by atoms with van der Waals surface area (Å²) in [6, 6.07) is 1.90. The third kappa shape index (κ3) is 2.83. The van der Waals surface area contributed by atoms with Crippen LogP contribution in [0.5, 0.6) is 0 Å². The van der Waals surface area contributed by atoms with Gasteiger partial charge in [-0.1, -0.05) is 0 Å². The zero-order chi connectivity index (χ0) is 11.6. The van der Waals surface area contributed by atoms with Crippen molar-refractivity contribution in [2.45, 2.75) is 33.4 Å². The highest BCUT2D eigenvalue weighted by atomic mass is 16.4. The SMILES string of the molecule is CC(N)c1ccn(CC(C)(C)C(=O)O)c1. The van der Waals surface area contributed by atoms with Crippen molar-refractivity contribution < 1.29 is 9.90 Å². The van der Waals surface area contributed by atoms with E-state index in [2.05, 4.69) is 0 Å². The molecule has 0 aliphatic carbocycles. The van der Waals surface area contributed by atoms with Gasteiger partial charge in [-0.25, -0.2) is 0 Å². The van der Waals surface area contributed by atoms with Gasteiger partial charge in [0.25, 0.3) is 0 Å². The summed E-state index contributed by atoms with van der Waals surface area (Å²) >= 11 is 0. The zero-order valence-corrected chi connectivity index (χ0v) is 9.40. The van der Waals surface area contributed by atoms with Crippen molar-refractivity contribution in [3.63, 3.8) is 0 Å². The van der Waals surface area contributed by atoms with Crippen molar-refractivity contribution in [1.29, 1.82) is 0 Å². The van der Waals surface area contributed by atoms with Gasteiger partial charge in [-0.3, -0.25) is 4.79 Å². The topological polar surface area (TPSA) is 68.2 Å². The molecule has 1 rings (SSSR count). The summed E-state index contributed by atoms with van der Waals surface area (Å²) in [4.78, 5) is 10.9. The van der Waals surface area contributed by atoms with Gasteiger partial charge in [-0.15, -0.1) is 0 Å². The van der Waals surface area contributed by atoms with Crippen molar-refractivity contribution in [3.05, 3.63) is 24.0 Å². The minimum atomic E-state index is -0.793. The smallest absolute Gasteiger partial charge is 0.310 e. The molecule has 0 amide bonds. The van der Waals surface area contributed by atoms with Crippen molar-refractivity contribution >= 4 is 5.97 Å². The first-order valence-corrected chi connectivity index (χ1v) is 4.97. The van der Waals surface area contributed by atoms with E-state index < -0.39 is 11.4 Å². The number of hydrogen-bond acceptors (Lipinski definition) is 2. The Bertz CT molecular complexity index is 353. The second-order valence-corrected chi connectivity index (χ2v) is 4.59. The van der Waals surface area contributed by atoms with Gasteiger partial charge in [0.1, 0.15) is 0 Å². The van der Waals surface area contributed by atoms with Crippen molar-refractivity contribution in [2.24, 2.45) is 11.1 Å². The maximum Gasteiger partial charge on any atom is 0.310 e. The summed E-state index contributed by atoms with van der Waals surface area (Å²) in [5.74, 6) is -0.793. The normalized spacial score (nSPS) is 13.9. The molecule has 15 heavy (non-hydrogen) atoms. The highest BCUT2D eigenvalue weighted by Crippen LogP contribution is 2.20. The molecule has 0 saturated carbocycles. The molecule has 1 unspecified atom stereocenters. The van der Waals surface area contributed by atoms with E-state index in [-0.39, 0.29) is 6.04 Å². The molecular formula is C11H18N2O2.